The highest BCUT2D eigenvalue weighted by Gasteiger charge is 2.37. The molecule has 1 fully saturated rings. The summed E-state index contributed by atoms with van der Waals surface area (Å²) in [7, 11) is 2.78. The Labute approximate surface area is 158 Å². The number of likely N-dealkylation sites (tertiary alicyclic amines) is 1. The molecule has 0 aromatic rings. The van der Waals surface area contributed by atoms with Crippen LogP contribution in [0.4, 0.5) is 0 Å². The van der Waals surface area contributed by atoms with E-state index in [1.807, 2.05) is 0 Å². The SMILES string of the molecule is CCCCCCCC[N+]1(CCCC[Si](OC)(OC)OC)CCCCC1. The van der Waals surface area contributed by atoms with E-state index < -0.39 is 8.80 Å². The lowest BCUT2D eigenvalue weighted by molar-refractivity contribution is -0.932. The Bertz CT molecular complexity index is 310. The number of quaternary nitrogens is 1. The van der Waals surface area contributed by atoms with Crippen LogP contribution in [-0.2, 0) is 13.3 Å². The lowest BCUT2D eigenvalue weighted by Crippen LogP contribution is -2.52. The van der Waals surface area contributed by atoms with Gasteiger partial charge in [0, 0.05) is 27.4 Å². The van der Waals surface area contributed by atoms with Crippen LogP contribution >= 0.6 is 0 Å². The van der Waals surface area contributed by atoms with Gasteiger partial charge in [0.1, 0.15) is 0 Å². The van der Waals surface area contributed by atoms with E-state index in [1.165, 1.54) is 94.9 Å². The maximum Gasteiger partial charge on any atom is 0.500 e. The average Bonchev–Trinajstić information content (AvgIpc) is 2.66. The molecular weight excluding hydrogens is 330 g/mol. The second kappa shape index (κ2) is 13.3. The molecule has 0 aromatic carbocycles. The van der Waals surface area contributed by atoms with Gasteiger partial charge in [0.2, 0.25) is 0 Å². The third-order valence-electron chi connectivity index (χ3n) is 6.05. The normalized spacial score (nSPS) is 17.8. The predicted molar refractivity (Wildman–Crippen MR) is 108 cm³/mol. The summed E-state index contributed by atoms with van der Waals surface area (Å²) in [6.07, 6.45) is 15.1. The van der Waals surface area contributed by atoms with Gasteiger partial charge in [-0.25, -0.2) is 0 Å². The van der Waals surface area contributed by atoms with Crippen molar-refractivity contribution in [1.29, 1.82) is 0 Å². The number of hydrogen-bond acceptors (Lipinski definition) is 3. The van der Waals surface area contributed by atoms with Gasteiger partial charge >= 0.3 is 8.80 Å². The summed E-state index contributed by atoms with van der Waals surface area (Å²) >= 11 is 0. The second-order valence-electron chi connectivity index (χ2n) is 7.82. The molecule has 0 atom stereocenters. The van der Waals surface area contributed by atoms with Crippen LogP contribution in [0.3, 0.4) is 0 Å². The maximum atomic E-state index is 5.55. The first-order valence-electron chi connectivity index (χ1n) is 10.7. The summed E-state index contributed by atoms with van der Waals surface area (Å²) < 4.78 is 18.0. The van der Waals surface area contributed by atoms with Crippen LogP contribution < -0.4 is 0 Å². The molecule has 1 heterocycles. The molecule has 1 aliphatic heterocycles. The molecule has 1 saturated heterocycles. The van der Waals surface area contributed by atoms with Crippen molar-refractivity contribution in [3.63, 3.8) is 0 Å². The van der Waals surface area contributed by atoms with Crippen LogP contribution in [-0.4, -0.2) is 60.8 Å². The number of piperidine rings is 1. The van der Waals surface area contributed by atoms with Crippen LogP contribution in [0.2, 0.25) is 6.04 Å². The van der Waals surface area contributed by atoms with Gasteiger partial charge in [-0.3, -0.25) is 0 Å². The molecule has 0 N–H and O–H groups in total. The Kier molecular flexibility index (Phi) is 12.3. The van der Waals surface area contributed by atoms with Crippen molar-refractivity contribution < 1.29 is 17.8 Å². The summed E-state index contributed by atoms with van der Waals surface area (Å²) in [6.45, 7) is 7.82. The molecule has 4 nitrogen and oxygen atoms in total. The molecule has 0 spiro atoms. The smallest absolute Gasteiger partial charge is 0.377 e. The molecular formula is C20H44NO3Si+. The molecule has 150 valence electrons. The third-order valence-corrected chi connectivity index (χ3v) is 8.88. The Morgan fingerprint density at radius 2 is 1.20 bits per heavy atom. The molecule has 1 rings (SSSR count). The number of hydrogen-bond donors (Lipinski definition) is 0. The van der Waals surface area contributed by atoms with E-state index >= 15 is 0 Å². The molecule has 25 heavy (non-hydrogen) atoms. The minimum Gasteiger partial charge on any atom is -0.377 e. The van der Waals surface area contributed by atoms with E-state index in [1.54, 1.807) is 21.3 Å². The monoisotopic (exact) mass is 374 g/mol. The van der Waals surface area contributed by atoms with Gasteiger partial charge in [0.05, 0.1) is 26.2 Å². The molecule has 0 amide bonds. The fourth-order valence-corrected chi connectivity index (χ4v) is 6.11. The van der Waals surface area contributed by atoms with Gasteiger partial charge in [-0.1, -0.05) is 32.6 Å². The first-order chi connectivity index (χ1) is 12.2. The van der Waals surface area contributed by atoms with E-state index in [0.717, 1.165) is 12.5 Å². The van der Waals surface area contributed by atoms with Gasteiger partial charge in [-0.15, -0.1) is 0 Å². The first kappa shape index (κ1) is 23.1. The Morgan fingerprint density at radius 3 is 1.76 bits per heavy atom. The molecule has 0 aliphatic carbocycles. The lowest BCUT2D eigenvalue weighted by Gasteiger charge is -2.42. The predicted octanol–water partition coefficient (Wildman–Crippen LogP) is 5.01. The van der Waals surface area contributed by atoms with Crippen molar-refractivity contribution in [3.05, 3.63) is 0 Å². The average molecular weight is 375 g/mol. The van der Waals surface area contributed by atoms with Gasteiger partial charge in [0.25, 0.3) is 0 Å². The zero-order chi connectivity index (χ0) is 18.4. The Hall–Kier alpha value is 0.0569. The van der Waals surface area contributed by atoms with E-state index in [-0.39, 0.29) is 0 Å². The van der Waals surface area contributed by atoms with Crippen molar-refractivity contribution in [2.75, 3.05) is 47.5 Å². The van der Waals surface area contributed by atoms with E-state index in [2.05, 4.69) is 6.92 Å². The number of unbranched alkanes of at least 4 members (excludes halogenated alkanes) is 6. The number of rotatable bonds is 15. The highest BCUT2D eigenvalue weighted by Crippen LogP contribution is 2.23. The molecule has 0 aromatic heterocycles. The van der Waals surface area contributed by atoms with Crippen LogP contribution in [0.15, 0.2) is 0 Å². The molecule has 0 radical (unpaired) electrons. The van der Waals surface area contributed by atoms with Crippen LogP contribution in [0.1, 0.15) is 77.6 Å². The summed E-state index contributed by atoms with van der Waals surface area (Å²) in [6, 6.07) is 0.938. The number of nitrogens with zero attached hydrogens (tertiary/aromatic N) is 1. The minimum absolute atomic E-state index is 0.938. The van der Waals surface area contributed by atoms with E-state index in [9.17, 15) is 0 Å². The van der Waals surface area contributed by atoms with Crippen molar-refractivity contribution in [1.82, 2.24) is 0 Å². The van der Waals surface area contributed by atoms with Gasteiger partial charge in [-0.05, 0) is 44.9 Å². The van der Waals surface area contributed by atoms with E-state index in [0.29, 0.717) is 0 Å². The Morgan fingerprint density at radius 1 is 0.680 bits per heavy atom. The van der Waals surface area contributed by atoms with Crippen LogP contribution in [0.25, 0.3) is 0 Å². The van der Waals surface area contributed by atoms with Crippen molar-refractivity contribution in [2.45, 2.75) is 83.6 Å². The Balaban J connectivity index is 2.34. The van der Waals surface area contributed by atoms with E-state index in [4.69, 9.17) is 13.3 Å². The molecule has 0 unspecified atom stereocenters. The van der Waals surface area contributed by atoms with Crippen LogP contribution in [0.5, 0.6) is 0 Å². The van der Waals surface area contributed by atoms with Gasteiger partial charge < -0.3 is 17.8 Å². The molecule has 1 aliphatic rings. The zero-order valence-corrected chi connectivity index (χ0v) is 18.5. The fourth-order valence-electron chi connectivity index (χ4n) is 4.31. The lowest BCUT2D eigenvalue weighted by atomic mass is 10.0. The molecule has 0 bridgehead atoms. The van der Waals surface area contributed by atoms with Crippen molar-refractivity contribution in [3.8, 4) is 0 Å². The second-order valence-corrected chi connectivity index (χ2v) is 10.9. The maximum absolute atomic E-state index is 5.55. The summed E-state index contributed by atoms with van der Waals surface area (Å²) in [4.78, 5) is 0. The minimum atomic E-state index is -2.38. The highest BCUT2D eigenvalue weighted by atomic mass is 28.4. The summed E-state index contributed by atoms with van der Waals surface area (Å²) in [5, 5.41) is 0. The quantitative estimate of drug-likeness (QED) is 0.229. The largest absolute Gasteiger partial charge is 0.500 e. The third kappa shape index (κ3) is 8.52. The standard InChI is InChI=1S/C20H44NO3Si/c1-5-6-7-8-9-11-16-21(17-12-10-13-18-21)19-14-15-20-25(22-2,23-3)24-4/h5-20H2,1-4H3/q+1. The van der Waals surface area contributed by atoms with Crippen molar-refractivity contribution in [2.24, 2.45) is 0 Å². The highest BCUT2D eigenvalue weighted by molar-refractivity contribution is 6.60. The fraction of sp³-hybridized carbons (Fsp3) is 1.00. The van der Waals surface area contributed by atoms with Gasteiger partial charge in [0.15, 0.2) is 0 Å². The van der Waals surface area contributed by atoms with Gasteiger partial charge in [-0.2, -0.15) is 0 Å². The van der Waals surface area contributed by atoms with Crippen LogP contribution in [0, 0.1) is 0 Å². The topological polar surface area (TPSA) is 27.7 Å². The van der Waals surface area contributed by atoms with Crippen molar-refractivity contribution >= 4 is 8.80 Å². The zero-order valence-electron chi connectivity index (χ0n) is 17.5. The molecule has 5 heteroatoms. The first-order valence-corrected chi connectivity index (χ1v) is 12.6. The summed E-state index contributed by atoms with van der Waals surface area (Å²) in [5.41, 5.74) is 0. The summed E-state index contributed by atoms with van der Waals surface area (Å²) in [5.74, 6) is 0. The molecule has 0 saturated carbocycles.